The van der Waals surface area contributed by atoms with E-state index in [1.165, 1.54) is 11.8 Å². The first-order valence-corrected chi connectivity index (χ1v) is 10.7. The summed E-state index contributed by atoms with van der Waals surface area (Å²) in [6.45, 7) is 2.11. The summed E-state index contributed by atoms with van der Waals surface area (Å²) in [7, 11) is -1.04. The predicted octanol–water partition coefficient (Wildman–Crippen LogP) is 2.17. The standard InChI is InChI=1S/C13H15N5O2S.C8H10O/c1-7-5-8(3-4-10(7)21(2)20)17-13-16-6-9(12(15)19)11(14)18-13;9-7-6-8-4-2-1-3-5-8/h3-6H,1-2H3,(H2,15,19)(H3,14,16,17,18);1-5,9H,6-7H2. The number of aromatic nitrogens is 2. The molecule has 6 N–H and O–H groups in total. The van der Waals surface area contributed by atoms with Gasteiger partial charge >= 0.3 is 0 Å². The highest BCUT2D eigenvalue weighted by molar-refractivity contribution is 7.84. The minimum absolute atomic E-state index is 0.0167. The third-order valence-electron chi connectivity index (χ3n) is 4.07. The Morgan fingerprint density at radius 3 is 2.43 bits per heavy atom. The second-order valence-electron chi connectivity index (χ2n) is 6.38. The molecule has 0 bridgehead atoms. The number of amides is 1. The van der Waals surface area contributed by atoms with E-state index in [0.717, 1.165) is 22.6 Å². The number of carbonyl (C=O) groups is 1. The lowest BCUT2D eigenvalue weighted by molar-refractivity contribution is 0.100. The zero-order chi connectivity index (χ0) is 22.1. The Labute approximate surface area is 177 Å². The number of carbonyl (C=O) groups excluding carboxylic acids is 1. The first-order valence-electron chi connectivity index (χ1n) is 9.10. The van der Waals surface area contributed by atoms with Crippen LogP contribution in [0.3, 0.4) is 0 Å². The number of aryl methyl sites for hydroxylation is 1. The Morgan fingerprint density at radius 2 is 1.90 bits per heavy atom. The molecule has 9 heteroatoms. The van der Waals surface area contributed by atoms with E-state index in [2.05, 4.69) is 15.3 Å². The van der Waals surface area contributed by atoms with Crippen LogP contribution in [0.5, 0.6) is 0 Å². The molecule has 0 saturated carbocycles. The molecule has 0 spiro atoms. The van der Waals surface area contributed by atoms with Gasteiger partial charge < -0.3 is 21.9 Å². The number of nitrogen functional groups attached to an aromatic ring is 1. The number of rotatable bonds is 6. The van der Waals surface area contributed by atoms with Gasteiger partial charge in [0.1, 0.15) is 5.82 Å². The molecule has 0 aliphatic carbocycles. The van der Waals surface area contributed by atoms with Gasteiger partial charge in [0.25, 0.3) is 5.91 Å². The first kappa shape index (κ1) is 23.0. The molecule has 0 fully saturated rings. The number of aliphatic hydroxyl groups excluding tert-OH is 1. The van der Waals surface area contributed by atoms with Gasteiger partial charge in [0.05, 0.1) is 16.4 Å². The number of aliphatic hydroxyl groups is 1. The van der Waals surface area contributed by atoms with Crippen molar-refractivity contribution in [1.29, 1.82) is 0 Å². The number of nitrogens with zero attached hydrogens (tertiary/aromatic N) is 2. The summed E-state index contributed by atoms with van der Waals surface area (Å²) in [6.07, 6.45) is 3.66. The van der Waals surface area contributed by atoms with Crippen molar-refractivity contribution in [1.82, 2.24) is 9.97 Å². The van der Waals surface area contributed by atoms with Gasteiger partial charge in [-0.05, 0) is 42.7 Å². The molecule has 1 amide bonds. The molecule has 0 radical (unpaired) electrons. The fourth-order valence-corrected chi connectivity index (χ4v) is 3.37. The summed E-state index contributed by atoms with van der Waals surface area (Å²) in [4.78, 5) is 19.8. The van der Waals surface area contributed by atoms with E-state index < -0.39 is 16.7 Å². The third kappa shape index (κ3) is 6.64. The Bertz CT molecular complexity index is 967. The molecule has 1 aromatic heterocycles. The molecule has 30 heavy (non-hydrogen) atoms. The van der Waals surface area contributed by atoms with Crippen LogP contribution < -0.4 is 16.8 Å². The van der Waals surface area contributed by atoms with Crippen LogP contribution >= 0.6 is 0 Å². The van der Waals surface area contributed by atoms with Gasteiger partial charge in [0.2, 0.25) is 5.95 Å². The highest BCUT2D eigenvalue weighted by Gasteiger charge is 2.10. The predicted molar refractivity (Wildman–Crippen MR) is 119 cm³/mol. The van der Waals surface area contributed by atoms with Crippen LogP contribution in [0, 0.1) is 6.92 Å². The van der Waals surface area contributed by atoms with Crippen LogP contribution in [0.15, 0.2) is 59.6 Å². The minimum atomic E-state index is -1.04. The monoisotopic (exact) mass is 427 g/mol. The summed E-state index contributed by atoms with van der Waals surface area (Å²) >= 11 is 0. The minimum Gasteiger partial charge on any atom is -0.396 e. The number of hydrogen-bond donors (Lipinski definition) is 4. The molecule has 1 heterocycles. The molecular weight excluding hydrogens is 402 g/mol. The van der Waals surface area contributed by atoms with Crippen LogP contribution in [0.4, 0.5) is 17.5 Å². The summed E-state index contributed by atoms with van der Waals surface area (Å²) in [5, 5.41) is 11.5. The van der Waals surface area contributed by atoms with Crippen molar-refractivity contribution in [3.63, 3.8) is 0 Å². The first-order chi connectivity index (χ1) is 14.3. The lowest BCUT2D eigenvalue weighted by Gasteiger charge is -2.09. The molecule has 0 saturated heterocycles. The average molecular weight is 428 g/mol. The zero-order valence-corrected chi connectivity index (χ0v) is 17.6. The molecular formula is C21H25N5O3S. The van der Waals surface area contributed by atoms with Crippen molar-refractivity contribution < 1.29 is 14.1 Å². The quantitative estimate of drug-likeness (QED) is 0.472. The van der Waals surface area contributed by atoms with E-state index in [4.69, 9.17) is 16.6 Å². The largest absolute Gasteiger partial charge is 0.396 e. The SMILES string of the molecule is Cc1cc(Nc2ncc(C(N)=O)c(N)n2)ccc1S(C)=O.OCCc1ccccc1. The maximum atomic E-state index is 11.5. The second-order valence-corrected chi connectivity index (χ2v) is 7.72. The van der Waals surface area contributed by atoms with Crippen LogP contribution in [0.2, 0.25) is 0 Å². The highest BCUT2D eigenvalue weighted by Crippen LogP contribution is 2.20. The van der Waals surface area contributed by atoms with Crippen molar-refractivity contribution in [2.75, 3.05) is 23.9 Å². The van der Waals surface area contributed by atoms with Gasteiger partial charge in [-0.15, -0.1) is 0 Å². The Morgan fingerprint density at radius 1 is 1.20 bits per heavy atom. The Balaban J connectivity index is 0.000000297. The molecule has 1 atom stereocenters. The zero-order valence-electron chi connectivity index (χ0n) is 16.8. The van der Waals surface area contributed by atoms with E-state index >= 15 is 0 Å². The van der Waals surface area contributed by atoms with Gasteiger partial charge in [-0.2, -0.15) is 4.98 Å². The highest BCUT2D eigenvalue weighted by atomic mass is 32.2. The molecule has 3 rings (SSSR count). The summed E-state index contributed by atoms with van der Waals surface area (Å²) in [5.74, 6) is -0.407. The lowest BCUT2D eigenvalue weighted by Crippen LogP contribution is -2.15. The molecule has 8 nitrogen and oxygen atoms in total. The fourth-order valence-electron chi connectivity index (χ4n) is 2.60. The lowest BCUT2D eigenvalue weighted by atomic mass is 10.2. The smallest absolute Gasteiger partial charge is 0.254 e. The van der Waals surface area contributed by atoms with E-state index in [-0.39, 0.29) is 23.9 Å². The number of nitrogens with two attached hydrogens (primary N) is 2. The van der Waals surface area contributed by atoms with Crippen LogP contribution in [0.25, 0.3) is 0 Å². The molecule has 0 aliphatic heterocycles. The number of benzene rings is 2. The average Bonchev–Trinajstić information content (AvgIpc) is 2.69. The van der Waals surface area contributed by atoms with Crippen LogP contribution in [0.1, 0.15) is 21.5 Å². The van der Waals surface area contributed by atoms with E-state index in [9.17, 15) is 9.00 Å². The maximum absolute atomic E-state index is 11.5. The van der Waals surface area contributed by atoms with Crippen LogP contribution in [-0.4, -0.2) is 38.1 Å². The van der Waals surface area contributed by atoms with Gasteiger partial charge in [0.15, 0.2) is 0 Å². The summed E-state index contributed by atoms with van der Waals surface area (Å²) < 4.78 is 11.5. The van der Waals surface area contributed by atoms with Gasteiger partial charge in [-0.1, -0.05) is 30.3 Å². The molecule has 2 aromatic carbocycles. The van der Waals surface area contributed by atoms with Crippen molar-refractivity contribution >= 4 is 34.2 Å². The normalized spacial score (nSPS) is 11.2. The molecule has 1 unspecified atom stereocenters. The summed E-state index contributed by atoms with van der Waals surface area (Å²) in [6, 6.07) is 15.3. The number of anilines is 3. The summed E-state index contributed by atoms with van der Waals surface area (Å²) in [5.41, 5.74) is 13.7. The van der Waals surface area contributed by atoms with Gasteiger partial charge in [-0.25, -0.2) is 4.98 Å². The number of hydrogen-bond acceptors (Lipinski definition) is 7. The van der Waals surface area contributed by atoms with Gasteiger partial charge in [-0.3, -0.25) is 9.00 Å². The molecule has 0 aliphatic rings. The van der Waals surface area contributed by atoms with Crippen LogP contribution in [-0.2, 0) is 17.2 Å². The Kier molecular flexibility index (Phi) is 8.45. The number of nitrogens with one attached hydrogen (secondary N) is 1. The van der Waals surface area contributed by atoms with Crippen molar-refractivity contribution in [2.24, 2.45) is 5.73 Å². The molecule has 158 valence electrons. The third-order valence-corrected chi connectivity index (χ3v) is 5.15. The fraction of sp³-hybridized carbons (Fsp3) is 0.190. The Hall–Kier alpha value is -3.30. The van der Waals surface area contributed by atoms with E-state index in [1.807, 2.05) is 43.3 Å². The number of primary amides is 1. The van der Waals surface area contributed by atoms with Crippen molar-refractivity contribution in [3.05, 3.63) is 71.4 Å². The second kappa shape index (κ2) is 11.0. The van der Waals surface area contributed by atoms with E-state index in [0.29, 0.717) is 0 Å². The van der Waals surface area contributed by atoms with Crippen molar-refractivity contribution in [3.8, 4) is 0 Å². The van der Waals surface area contributed by atoms with Gasteiger partial charge in [0, 0.05) is 29.6 Å². The molecule has 3 aromatic rings. The van der Waals surface area contributed by atoms with E-state index in [1.54, 1.807) is 18.4 Å². The topological polar surface area (TPSA) is 144 Å². The maximum Gasteiger partial charge on any atom is 0.254 e. The van der Waals surface area contributed by atoms with Crippen molar-refractivity contribution in [2.45, 2.75) is 18.2 Å².